The molecule has 0 radical (unpaired) electrons. The van der Waals surface area contributed by atoms with E-state index in [4.69, 9.17) is 40.2 Å². The Bertz CT molecular complexity index is 975. The van der Waals surface area contributed by atoms with Gasteiger partial charge in [0.1, 0.15) is 11.3 Å². The zero-order valence-electron chi connectivity index (χ0n) is 14.2. The number of ether oxygens (including phenoxy) is 1. The molecular weight excluding hydrogens is 407 g/mol. The summed E-state index contributed by atoms with van der Waals surface area (Å²) in [6.07, 6.45) is 1.47. The molecule has 27 heavy (non-hydrogen) atoms. The highest BCUT2D eigenvalue weighted by Gasteiger charge is 2.35. The van der Waals surface area contributed by atoms with Crippen molar-refractivity contribution in [3.63, 3.8) is 0 Å². The number of hydrogen-bond donors (Lipinski definition) is 1. The highest BCUT2D eigenvalue weighted by molar-refractivity contribution is 7.80. The molecule has 0 saturated carbocycles. The Labute approximate surface area is 171 Å². The minimum Gasteiger partial charge on any atom is -0.493 e. The van der Waals surface area contributed by atoms with Crippen LogP contribution >= 0.6 is 35.4 Å². The summed E-state index contributed by atoms with van der Waals surface area (Å²) < 4.78 is 5.55. The highest BCUT2D eigenvalue weighted by Crippen LogP contribution is 2.34. The summed E-state index contributed by atoms with van der Waals surface area (Å²) in [4.78, 5) is 26.6. The number of thiocarbonyl (C=S) groups is 1. The molecule has 1 aliphatic rings. The minimum atomic E-state index is -0.598. The lowest BCUT2D eigenvalue weighted by molar-refractivity contribution is -0.122. The minimum absolute atomic E-state index is 0.0654. The molecule has 0 unspecified atom stereocenters. The number of halogens is 2. The van der Waals surface area contributed by atoms with Gasteiger partial charge in [-0.25, -0.2) is 0 Å². The first-order valence-corrected chi connectivity index (χ1v) is 9.17. The van der Waals surface area contributed by atoms with Crippen LogP contribution in [0.25, 0.3) is 6.08 Å². The maximum absolute atomic E-state index is 13.1. The maximum atomic E-state index is 13.1. The Morgan fingerprint density at radius 1 is 1.15 bits per heavy atom. The second-order valence-corrected chi connectivity index (χ2v) is 6.67. The number of anilines is 1. The lowest BCUT2D eigenvalue weighted by Gasteiger charge is -2.29. The van der Waals surface area contributed by atoms with Gasteiger partial charge >= 0.3 is 0 Å². The molecule has 1 saturated heterocycles. The molecule has 5 nitrogen and oxygen atoms in total. The number of carbonyl (C=O) groups is 2. The van der Waals surface area contributed by atoms with Crippen molar-refractivity contribution in [3.8, 4) is 5.75 Å². The summed E-state index contributed by atoms with van der Waals surface area (Å²) in [7, 11) is 0. The van der Waals surface area contributed by atoms with E-state index in [9.17, 15) is 9.59 Å². The quantitative estimate of drug-likeness (QED) is 0.456. The van der Waals surface area contributed by atoms with Crippen molar-refractivity contribution in [2.45, 2.75) is 6.92 Å². The van der Waals surface area contributed by atoms with E-state index in [2.05, 4.69) is 5.32 Å². The van der Waals surface area contributed by atoms with Gasteiger partial charge in [0.2, 0.25) is 0 Å². The first kappa shape index (κ1) is 19.4. The number of nitrogens with one attached hydrogen (secondary N) is 1. The second-order valence-electron chi connectivity index (χ2n) is 5.50. The zero-order chi connectivity index (χ0) is 19.6. The van der Waals surface area contributed by atoms with E-state index >= 15 is 0 Å². The number of rotatable bonds is 4. The van der Waals surface area contributed by atoms with Crippen LogP contribution in [0.3, 0.4) is 0 Å². The largest absolute Gasteiger partial charge is 0.493 e. The van der Waals surface area contributed by atoms with Gasteiger partial charge in [0.05, 0.1) is 22.3 Å². The third kappa shape index (κ3) is 3.83. The Morgan fingerprint density at radius 3 is 2.63 bits per heavy atom. The zero-order valence-corrected chi connectivity index (χ0v) is 16.5. The number of carbonyl (C=O) groups excluding carboxylic acids is 2. The van der Waals surface area contributed by atoms with Crippen molar-refractivity contribution in [2.24, 2.45) is 0 Å². The van der Waals surface area contributed by atoms with Gasteiger partial charge in [0, 0.05) is 5.56 Å². The van der Waals surface area contributed by atoms with Gasteiger partial charge < -0.3 is 4.74 Å². The molecular formula is C19H14Cl2N2O3S. The summed E-state index contributed by atoms with van der Waals surface area (Å²) in [5.74, 6) is -0.626. The standard InChI is InChI=1S/C19H14Cl2N2O3S/c1-2-26-15-9-4-3-6-11(15)10-12-17(24)22-19(27)23(18(12)25)14-8-5-7-13(20)16(14)21/h3-10H,2H2,1H3,(H,22,24,27). The van der Waals surface area contributed by atoms with Crippen molar-refractivity contribution in [3.05, 3.63) is 63.6 Å². The van der Waals surface area contributed by atoms with Crippen molar-refractivity contribution < 1.29 is 14.3 Å². The van der Waals surface area contributed by atoms with Gasteiger partial charge in [-0.15, -0.1) is 0 Å². The van der Waals surface area contributed by atoms with Gasteiger partial charge in [-0.3, -0.25) is 19.8 Å². The molecule has 1 heterocycles. The van der Waals surface area contributed by atoms with Crippen LogP contribution in [-0.4, -0.2) is 23.5 Å². The molecule has 138 valence electrons. The van der Waals surface area contributed by atoms with Gasteiger partial charge in [-0.1, -0.05) is 47.5 Å². The summed E-state index contributed by atoms with van der Waals surface area (Å²) in [5.41, 5.74) is 0.803. The third-order valence-electron chi connectivity index (χ3n) is 3.79. The van der Waals surface area contributed by atoms with E-state index in [1.807, 2.05) is 13.0 Å². The van der Waals surface area contributed by atoms with E-state index in [1.54, 1.807) is 36.4 Å². The van der Waals surface area contributed by atoms with Gasteiger partial charge in [0.15, 0.2) is 5.11 Å². The highest BCUT2D eigenvalue weighted by atomic mass is 35.5. The van der Waals surface area contributed by atoms with Crippen LogP contribution in [0.15, 0.2) is 48.0 Å². The molecule has 0 aromatic heterocycles. The lowest BCUT2D eigenvalue weighted by Crippen LogP contribution is -2.54. The molecule has 2 aromatic carbocycles. The van der Waals surface area contributed by atoms with Crippen LogP contribution in [0.2, 0.25) is 10.0 Å². The third-order valence-corrected chi connectivity index (χ3v) is 4.89. The topological polar surface area (TPSA) is 58.6 Å². The maximum Gasteiger partial charge on any atom is 0.270 e. The SMILES string of the molecule is CCOc1ccccc1C=C1C(=O)NC(=S)N(c2cccc(Cl)c2Cl)C1=O. The second kappa shape index (κ2) is 8.08. The fourth-order valence-electron chi connectivity index (χ4n) is 2.58. The fourth-order valence-corrected chi connectivity index (χ4v) is 3.24. The molecule has 2 amide bonds. The predicted octanol–water partition coefficient (Wildman–Crippen LogP) is 4.22. The van der Waals surface area contributed by atoms with Crippen LogP contribution in [0.1, 0.15) is 12.5 Å². The summed E-state index contributed by atoms with van der Waals surface area (Å²) in [6, 6.07) is 11.9. The molecule has 1 fully saturated rings. The van der Waals surface area contributed by atoms with Crippen LogP contribution in [0, 0.1) is 0 Å². The van der Waals surface area contributed by atoms with Crippen molar-refractivity contribution in [1.29, 1.82) is 0 Å². The van der Waals surface area contributed by atoms with Crippen LogP contribution in [0.4, 0.5) is 5.69 Å². The molecule has 1 N–H and O–H groups in total. The average Bonchev–Trinajstić information content (AvgIpc) is 2.63. The van der Waals surface area contributed by atoms with E-state index in [0.717, 1.165) is 4.90 Å². The van der Waals surface area contributed by atoms with E-state index in [1.165, 1.54) is 6.08 Å². The van der Waals surface area contributed by atoms with Crippen molar-refractivity contribution >= 4 is 64.1 Å². The normalized spacial score (nSPS) is 15.9. The number of hydrogen-bond acceptors (Lipinski definition) is 4. The number of amides is 2. The van der Waals surface area contributed by atoms with Crippen molar-refractivity contribution in [2.75, 3.05) is 11.5 Å². The molecule has 0 spiro atoms. The Balaban J connectivity index is 2.07. The summed E-state index contributed by atoms with van der Waals surface area (Å²) >= 11 is 17.4. The Kier molecular flexibility index (Phi) is 5.79. The molecule has 0 aliphatic carbocycles. The van der Waals surface area contributed by atoms with E-state index in [-0.39, 0.29) is 20.7 Å². The average molecular weight is 421 g/mol. The molecule has 0 bridgehead atoms. The Hall–Kier alpha value is -2.41. The number of nitrogens with zero attached hydrogens (tertiary/aromatic N) is 1. The van der Waals surface area contributed by atoms with Crippen LogP contribution in [-0.2, 0) is 9.59 Å². The Morgan fingerprint density at radius 2 is 1.89 bits per heavy atom. The number of para-hydroxylation sites is 1. The van der Waals surface area contributed by atoms with Gasteiger partial charge in [0.25, 0.3) is 11.8 Å². The molecule has 3 rings (SSSR count). The molecule has 8 heteroatoms. The monoisotopic (exact) mass is 420 g/mol. The van der Waals surface area contributed by atoms with Gasteiger partial charge in [-0.2, -0.15) is 0 Å². The first-order chi connectivity index (χ1) is 12.9. The lowest BCUT2D eigenvalue weighted by atomic mass is 10.1. The molecule has 0 atom stereocenters. The predicted molar refractivity (Wildman–Crippen MR) is 110 cm³/mol. The number of benzene rings is 2. The molecule has 2 aromatic rings. The fraction of sp³-hybridized carbons (Fsp3) is 0.105. The summed E-state index contributed by atoms with van der Waals surface area (Å²) in [6.45, 7) is 2.30. The van der Waals surface area contributed by atoms with Crippen LogP contribution < -0.4 is 15.0 Å². The van der Waals surface area contributed by atoms with Crippen molar-refractivity contribution in [1.82, 2.24) is 5.32 Å². The summed E-state index contributed by atoms with van der Waals surface area (Å²) in [5, 5.41) is 2.89. The van der Waals surface area contributed by atoms with Crippen LogP contribution in [0.5, 0.6) is 5.75 Å². The van der Waals surface area contributed by atoms with Gasteiger partial charge in [-0.05, 0) is 43.4 Å². The smallest absolute Gasteiger partial charge is 0.270 e. The first-order valence-electron chi connectivity index (χ1n) is 8.01. The molecule has 1 aliphatic heterocycles. The van der Waals surface area contributed by atoms with E-state index in [0.29, 0.717) is 23.6 Å². The van der Waals surface area contributed by atoms with E-state index < -0.39 is 11.8 Å².